The molecule has 16 heteroatoms. The molecule has 0 bridgehead atoms. The van der Waals surface area contributed by atoms with Crippen LogP contribution in [-0.2, 0) is 55.8 Å². The third-order valence-corrected chi connectivity index (χ3v) is 14.6. The molecular weight excluding hydrogens is 859 g/mol. The second-order valence-corrected chi connectivity index (χ2v) is 19.5. The number of aliphatic hydroxyl groups excluding tert-OH is 1. The van der Waals surface area contributed by atoms with Gasteiger partial charge in [0.25, 0.3) is 0 Å². The summed E-state index contributed by atoms with van der Waals surface area (Å²) in [6.07, 6.45) is 0.748. The molecule has 5 heterocycles. The van der Waals surface area contributed by atoms with Crippen LogP contribution in [0.15, 0.2) is 67.6 Å². The van der Waals surface area contributed by atoms with Gasteiger partial charge in [-0.1, -0.05) is 52.0 Å². The summed E-state index contributed by atoms with van der Waals surface area (Å²) in [7, 11) is 3.42. The zero-order valence-corrected chi connectivity index (χ0v) is 41.0. The van der Waals surface area contributed by atoms with E-state index in [2.05, 4.69) is 21.1 Å². The van der Waals surface area contributed by atoms with Crippen molar-refractivity contribution in [2.24, 2.45) is 23.7 Å². The number of para-hydroxylation sites is 2. The summed E-state index contributed by atoms with van der Waals surface area (Å²) in [4.78, 5) is 70.3. The quantitative estimate of drug-likeness (QED) is 0.0749. The van der Waals surface area contributed by atoms with Crippen LogP contribution < -0.4 is 0 Å². The lowest BCUT2D eigenvalue weighted by Crippen LogP contribution is -2.61. The number of benzene rings is 1. The average molecular weight is 932 g/mol. The number of carbonyl (C=O) groups excluding carboxylic acids is 4. The number of imidazole rings is 1. The first-order valence-electron chi connectivity index (χ1n) is 24.0. The molecule has 0 spiro atoms. The second-order valence-electron chi connectivity index (χ2n) is 19.5. The number of hydrogen-bond donors (Lipinski definition) is 1. The van der Waals surface area contributed by atoms with Crippen molar-refractivity contribution in [2.75, 3.05) is 27.2 Å². The van der Waals surface area contributed by atoms with E-state index in [1.165, 1.54) is 7.11 Å². The maximum absolute atomic E-state index is 15.1. The number of hydrogen-bond acceptors (Lipinski definition) is 14. The Kier molecular flexibility index (Phi) is 17.1. The molecule has 1 N–H and O–H groups in total. The minimum Gasteiger partial charge on any atom is -0.461 e. The Bertz CT molecular complexity index is 2170. The van der Waals surface area contributed by atoms with E-state index < -0.39 is 89.7 Å². The van der Waals surface area contributed by atoms with E-state index in [0.717, 1.165) is 11.0 Å². The van der Waals surface area contributed by atoms with Crippen LogP contribution in [0.4, 0.5) is 4.79 Å². The van der Waals surface area contributed by atoms with Gasteiger partial charge in [-0.05, 0) is 91.1 Å². The highest BCUT2D eigenvalue weighted by molar-refractivity contribution is 5.85. The summed E-state index contributed by atoms with van der Waals surface area (Å²) >= 11 is 0. The van der Waals surface area contributed by atoms with Gasteiger partial charge in [-0.2, -0.15) is 0 Å². The van der Waals surface area contributed by atoms with Gasteiger partial charge in [-0.15, -0.1) is 6.58 Å². The largest absolute Gasteiger partial charge is 0.461 e. The predicted octanol–water partition coefficient (Wildman–Crippen LogP) is 6.56. The number of aromatic nitrogens is 3. The Morgan fingerprint density at radius 3 is 2.42 bits per heavy atom. The van der Waals surface area contributed by atoms with Crippen molar-refractivity contribution in [1.82, 2.24) is 24.3 Å². The van der Waals surface area contributed by atoms with Crippen LogP contribution in [0.5, 0.6) is 0 Å². The van der Waals surface area contributed by atoms with Gasteiger partial charge >= 0.3 is 18.0 Å². The number of fused-ring (bicyclic) bond motifs is 2. The Balaban J connectivity index is 1.37. The van der Waals surface area contributed by atoms with E-state index in [4.69, 9.17) is 28.4 Å². The first-order valence-corrected chi connectivity index (χ1v) is 24.0. The second kappa shape index (κ2) is 22.1. The first kappa shape index (κ1) is 51.6. The number of ketones is 1. The van der Waals surface area contributed by atoms with Crippen LogP contribution in [0.2, 0.25) is 0 Å². The molecule has 6 rings (SSSR count). The number of pyridine rings is 1. The standard InChI is InChI=1S/C51H73N5O11/c1-12-24-54(10)39-27-32(4)63-48(43(39)59)66-46-34(6)44(65-41(57)28-36-20-16-17-23-52-36)35(7)47(60)64-40(13-2)51(9)45(33(5)42(58)31(3)29-50(46,8)62-11)56(49(61)67-51)26-19-18-25-55-30-53-37-21-14-15-22-38(37)55/h12,14-17,20-23,30-35,39-40,43-46,48,59H,1,13,18-19,24-29H2,2-11H3/t31-,32+,33+,34+,35-,39-,40-,43+,44+,45-,46-,48-,50-,51-/m1/s1. The minimum atomic E-state index is -1.44. The summed E-state index contributed by atoms with van der Waals surface area (Å²) in [6, 6.07) is 12.0. The van der Waals surface area contributed by atoms with Gasteiger partial charge in [0.05, 0.1) is 59.2 Å². The van der Waals surface area contributed by atoms with Crippen LogP contribution in [0.3, 0.4) is 0 Å². The van der Waals surface area contributed by atoms with E-state index in [0.29, 0.717) is 44.6 Å². The fourth-order valence-corrected chi connectivity index (χ4v) is 10.9. The highest BCUT2D eigenvalue weighted by Crippen LogP contribution is 2.44. The molecule has 3 fully saturated rings. The number of carbonyl (C=O) groups is 4. The lowest BCUT2D eigenvalue weighted by atomic mass is 9.73. The summed E-state index contributed by atoms with van der Waals surface area (Å²) in [5, 5.41) is 11.9. The van der Waals surface area contributed by atoms with Gasteiger partial charge < -0.3 is 43.0 Å². The summed E-state index contributed by atoms with van der Waals surface area (Å²) in [5.74, 6) is -4.87. The number of likely N-dealkylation sites (N-methyl/N-ethyl adjacent to an activating group) is 1. The number of methoxy groups -OCH3 is 1. The molecule has 1 aromatic carbocycles. The zero-order valence-electron chi connectivity index (χ0n) is 41.0. The molecule has 0 unspecified atom stereocenters. The molecule has 3 saturated heterocycles. The molecule has 16 nitrogen and oxygen atoms in total. The first-order chi connectivity index (χ1) is 31.9. The molecule has 3 aliphatic heterocycles. The van der Waals surface area contributed by atoms with Gasteiger partial charge in [0.1, 0.15) is 24.1 Å². The van der Waals surface area contributed by atoms with Gasteiger partial charge in [0.2, 0.25) is 0 Å². The number of unbranched alkanes of at least 4 members (excludes halogenated alkanes) is 1. The number of nitrogens with zero attached hydrogens (tertiary/aromatic N) is 5. The number of aryl methyl sites for hydroxylation is 1. The van der Waals surface area contributed by atoms with Crippen molar-refractivity contribution in [3.05, 3.63) is 73.3 Å². The summed E-state index contributed by atoms with van der Waals surface area (Å²) in [5.41, 5.74) is -0.354. The van der Waals surface area contributed by atoms with E-state index in [-0.39, 0.29) is 37.2 Å². The van der Waals surface area contributed by atoms with Crippen molar-refractivity contribution in [3.63, 3.8) is 0 Å². The van der Waals surface area contributed by atoms with Crippen LogP contribution in [-0.4, -0.2) is 141 Å². The fourth-order valence-electron chi connectivity index (χ4n) is 10.9. The molecule has 3 aromatic rings. The molecule has 1 amide bonds. The lowest BCUT2D eigenvalue weighted by molar-refractivity contribution is -0.302. The van der Waals surface area contributed by atoms with Crippen LogP contribution in [0.25, 0.3) is 11.0 Å². The highest BCUT2D eigenvalue weighted by atomic mass is 16.7. The maximum atomic E-state index is 15.1. The number of Topliss-reactive ketones (excluding diaryl/α,β-unsaturated/α-hetero) is 1. The van der Waals surface area contributed by atoms with Crippen molar-refractivity contribution >= 4 is 34.8 Å². The van der Waals surface area contributed by atoms with Crippen molar-refractivity contribution < 1.29 is 52.7 Å². The van der Waals surface area contributed by atoms with Gasteiger partial charge in [0, 0.05) is 56.7 Å². The third-order valence-electron chi connectivity index (χ3n) is 14.6. The number of esters is 2. The van der Waals surface area contributed by atoms with E-state index in [9.17, 15) is 19.5 Å². The molecular formula is C51H73N5O11. The maximum Gasteiger partial charge on any atom is 0.410 e. The molecule has 3 aliphatic rings. The van der Waals surface area contributed by atoms with Gasteiger partial charge in [-0.3, -0.25) is 24.3 Å². The lowest BCUT2D eigenvalue weighted by Gasteiger charge is -2.48. The Morgan fingerprint density at radius 1 is 1.01 bits per heavy atom. The molecule has 0 radical (unpaired) electrons. The monoisotopic (exact) mass is 932 g/mol. The summed E-state index contributed by atoms with van der Waals surface area (Å²) < 4.78 is 40.8. The molecule has 14 atom stereocenters. The Labute approximate surface area is 395 Å². The third kappa shape index (κ3) is 11.3. The SMILES string of the molecule is C=CCN(C)[C@@H]1C[C@H](C)O[C@H](O[C@@H]2[C@@H](C)[C@H](OC(=O)Cc3ccccn3)[C@@H](C)C(=O)O[C@H](CC)[C@@]3(C)OC(=O)N(CCCCn4cnc5ccccc54)[C@@H]3[C@@H](C)C(=O)[C@H](C)C[C@@]2(C)OC)[C@H]1O. The number of cyclic esters (lactones) is 1. The molecule has 0 aliphatic carbocycles. The van der Waals surface area contributed by atoms with Crippen molar-refractivity contribution in [3.8, 4) is 0 Å². The number of amides is 1. The van der Waals surface area contributed by atoms with E-state index in [1.54, 1.807) is 56.1 Å². The van der Waals surface area contributed by atoms with E-state index in [1.807, 2.05) is 77.2 Å². The smallest absolute Gasteiger partial charge is 0.410 e. The Hall–Kier alpha value is -4.74. The van der Waals surface area contributed by atoms with Gasteiger partial charge in [-0.25, -0.2) is 9.78 Å². The number of rotatable bonds is 15. The molecule has 0 saturated carbocycles. The predicted molar refractivity (Wildman–Crippen MR) is 250 cm³/mol. The van der Waals surface area contributed by atoms with Crippen LogP contribution in [0.1, 0.15) is 93.2 Å². The number of ether oxygens (including phenoxy) is 6. The summed E-state index contributed by atoms with van der Waals surface area (Å²) in [6.45, 7) is 19.7. The highest BCUT2D eigenvalue weighted by Gasteiger charge is 2.60. The van der Waals surface area contributed by atoms with E-state index >= 15 is 4.79 Å². The van der Waals surface area contributed by atoms with Gasteiger partial charge in [0.15, 0.2) is 11.9 Å². The fraction of sp³-hybridized carbons (Fsp3) is 0.647. The molecule has 67 heavy (non-hydrogen) atoms. The normalized spacial score (nSPS) is 34.3. The van der Waals surface area contributed by atoms with Crippen molar-refractivity contribution in [2.45, 2.75) is 161 Å². The van der Waals surface area contributed by atoms with Crippen LogP contribution in [0, 0.1) is 23.7 Å². The Morgan fingerprint density at radius 2 is 1.73 bits per heavy atom. The topological polar surface area (TPSA) is 181 Å². The zero-order chi connectivity index (χ0) is 48.8. The van der Waals surface area contributed by atoms with Crippen LogP contribution >= 0.6 is 0 Å². The minimum absolute atomic E-state index is 0.113. The van der Waals surface area contributed by atoms with Crippen molar-refractivity contribution in [1.29, 1.82) is 0 Å². The number of aliphatic hydroxyl groups is 1. The molecule has 368 valence electrons. The average Bonchev–Trinajstić information content (AvgIpc) is 3.84. The molecule has 2 aromatic heterocycles.